The number of H-pyrrole nitrogens is 1. The van der Waals surface area contributed by atoms with E-state index in [2.05, 4.69) is 10.2 Å². The lowest BCUT2D eigenvalue weighted by molar-refractivity contribution is 0.0689. The number of aromatic nitrogens is 2. The van der Waals surface area contributed by atoms with E-state index in [4.69, 9.17) is 5.11 Å². The number of nitrogens with one attached hydrogen (secondary N) is 1. The molecule has 0 saturated carbocycles. The molecule has 0 aliphatic heterocycles. The Morgan fingerprint density at radius 3 is 3.18 bits per heavy atom. The summed E-state index contributed by atoms with van der Waals surface area (Å²) >= 11 is 1.57. The Balaban J connectivity index is 2.87. The van der Waals surface area contributed by atoms with Crippen molar-refractivity contribution < 1.29 is 9.90 Å². The van der Waals surface area contributed by atoms with E-state index in [1.54, 1.807) is 18.0 Å². The van der Waals surface area contributed by atoms with Crippen LogP contribution in [0.4, 0.5) is 0 Å². The summed E-state index contributed by atoms with van der Waals surface area (Å²) in [4.78, 5) is 10.5. The van der Waals surface area contributed by atoms with Gasteiger partial charge in [0.1, 0.15) is 5.69 Å². The van der Waals surface area contributed by atoms with Crippen LogP contribution in [-0.2, 0) is 5.75 Å². The Hall–Kier alpha value is -0.970. The highest BCUT2D eigenvalue weighted by Crippen LogP contribution is 2.11. The lowest BCUT2D eigenvalue weighted by Gasteiger charge is -1.93. The van der Waals surface area contributed by atoms with Gasteiger partial charge in [-0.2, -0.15) is 16.9 Å². The van der Waals surface area contributed by atoms with E-state index in [1.807, 2.05) is 6.26 Å². The van der Waals surface area contributed by atoms with Gasteiger partial charge in [0.25, 0.3) is 0 Å². The summed E-state index contributed by atoms with van der Waals surface area (Å²) in [6.07, 6.45) is 3.46. The number of aromatic carboxylic acids is 1. The fourth-order valence-corrected chi connectivity index (χ4v) is 1.29. The number of hydrogen-bond acceptors (Lipinski definition) is 3. The summed E-state index contributed by atoms with van der Waals surface area (Å²) in [7, 11) is 0. The van der Waals surface area contributed by atoms with Crippen LogP contribution >= 0.6 is 11.8 Å². The van der Waals surface area contributed by atoms with Crippen molar-refractivity contribution in [3.63, 3.8) is 0 Å². The Morgan fingerprint density at radius 1 is 1.91 bits per heavy atom. The van der Waals surface area contributed by atoms with E-state index >= 15 is 0 Å². The molecule has 0 bridgehead atoms. The van der Waals surface area contributed by atoms with Crippen molar-refractivity contribution in [2.75, 3.05) is 6.26 Å². The van der Waals surface area contributed by atoms with Gasteiger partial charge in [-0.25, -0.2) is 4.79 Å². The number of carbonyl (C=O) groups is 1. The molecule has 0 saturated heterocycles. The highest BCUT2D eigenvalue weighted by Gasteiger charge is 2.10. The third-order valence-electron chi connectivity index (χ3n) is 1.23. The number of nitrogens with zero attached hydrogens (tertiary/aromatic N) is 1. The van der Waals surface area contributed by atoms with Crippen LogP contribution in [0.25, 0.3) is 0 Å². The maximum absolute atomic E-state index is 10.5. The molecule has 11 heavy (non-hydrogen) atoms. The molecular formula is C6H8N2O2S. The highest BCUT2D eigenvalue weighted by atomic mass is 32.2. The molecule has 0 amide bonds. The maximum Gasteiger partial charge on any atom is 0.354 e. The average Bonchev–Trinajstić information content (AvgIpc) is 2.36. The van der Waals surface area contributed by atoms with Crippen molar-refractivity contribution in [1.29, 1.82) is 0 Å². The molecule has 1 heterocycles. The van der Waals surface area contributed by atoms with E-state index in [0.29, 0.717) is 5.75 Å². The largest absolute Gasteiger partial charge is 0.477 e. The third-order valence-corrected chi connectivity index (χ3v) is 1.83. The standard InChI is InChI=1S/C6H8N2O2S/c1-11-3-4-2-7-8-5(4)6(9)10/h2H,3H2,1H3,(H,7,8)(H,9,10). The Labute approximate surface area is 68.0 Å². The van der Waals surface area contributed by atoms with Gasteiger partial charge in [0.2, 0.25) is 0 Å². The summed E-state index contributed by atoms with van der Waals surface area (Å²) in [5.41, 5.74) is 0.935. The van der Waals surface area contributed by atoms with Gasteiger partial charge in [-0.05, 0) is 6.26 Å². The van der Waals surface area contributed by atoms with E-state index in [1.165, 1.54) is 0 Å². The molecule has 60 valence electrons. The fraction of sp³-hybridized carbons (Fsp3) is 0.333. The van der Waals surface area contributed by atoms with Crippen molar-refractivity contribution in [2.24, 2.45) is 0 Å². The zero-order valence-electron chi connectivity index (χ0n) is 6.00. The summed E-state index contributed by atoms with van der Waals surface area (Å²) in [6.45, 7) is 0. The lowest BCUT2D eigenvalue weighted by Crippen LogP contribution is -2.00. The quantitative estimate of drug-likeness (QED) is 0.713. The van der Waals surface area contributed by atoms with E-state index < -0.39 is 5.97 Å². The minimum Gasteiger partial charge on any atom is -0.477 e. The van der Waals surface area contributed by atoms with Gasteiger partial charge < -0.3 is 5.11 Å². The summed E-state index contributed by atoms with van der Waals surface area (Å²) in [5, 5.41) is 14.7. The second-order valence-electron chi connectivity index (χ2n) is 2.01. The molecular weight excluding hydrogens is 164 g/mol. The number of rotatable bonds is 3. The van der Waals surface area contributed by atoms with Crippen LogP contribution < -0.4 is 0 Å². The molecule has 0 atom stereocenters. The molecule has 5 heteroatoms. The van der Waals surface area contributed by atoms with Crippen molar-refractivity contribution in [1.82, 2.24) is 10.2 Å². The molecule has 4 nitrogen and oxygen atoms in total. The van der Waals surface area contributed by atoms with Crippen molar-refractivity contribution in [3.05, 3.63) is 17.5 Å². The second-order valence-corrected chi connectivity index (χ2v) is 2.87. The molecule has 0 aromatic carbocycles. The third kappa shape index (κ3) is 1.74. The molecule has 0 unspecified atom stereocenters. The van der Waals surface area contributed by atoms with Gasteiger partial charge >= 0.3 is 5.97 Å². The molecule has 0 radical (unpaired) electrons. The van der Waals surface area contributed by atoms with Crippen LogP contribution in [0.1, 0.15) is 16.1 Å². The topological polar surface area (TPSA) is 66.0 Å². The fourth-order valence-electron chi connectivity index (χ4n) is 0.761. The number of aromatic amines is 1. The molecule has 0 fully saturated rings. The molecule has 2 N–H and O–H groups in total. The van der Waals surface area contributed by atoms with Crippen molar-refractivity contribution >= 4 is 17.7 Å². The lowest BCUT2D eigenvalue weighted by atomic mass is 10.3. The minimum absolute atomic E-state index is 0.194. The van der Waals surface area contributed by atoms with Crippen LogP contribution in [0.5, 0.6) is 0 Å². The number of carboxylic acid groups (broad SMARTS) is 1. The SMILES string of the molecule is CSCc1cn[nH]c1C(=O)O. The first-order valence-electron chi connectivity index (χ1n) is 3.00. The first-order chi connectivity index (χ1) is 5.25. The average molecular weight is 172 g/mol. The van der Waals surface area contributed by atoms with Crippen LogP contribution in [0, 0.1) is 0 Å². The zero-order valence-corrected chi connectivity index (χ0v) is 6.81. The van der Waals surface area contributed by atoms with Crippen molar-refractivity contribution in [2.45, 2.75) is 5.75 Å². The first kappa shape index (κ1) is 8.13. The van der Waals surface area contributed by atoms with Crippen LogP contribution in [-0.4, -0.2) is 27.5 Å². The molecule has 0 spiro atoms. The first-order valence-corrected chi connectivity index (χ1v) is 4.39. The summed E-state index contributed by atoms with van der Waals surface area (Å²) in [5.74, 6) is -0.274. The van der Waals surface area contributed by atoms with Crippen molar-refractivity contribution in [3.8, 4) is 0 Å². The van der Waals surface area contributed by atoms with Gasteiger partial charge in [0, 0.05) is 11.3 Å². The molecule has 0 aliphatic rings. The van der Waals surface area contributed by atoms with Gasteiger partial charge in [-0.15, -0.1) is 0 Å². The zero-order chi connectivity index (χ0) is 8.27. The van der Waals surface area contributed by atoms with Gasteiger partial charge in [-0.1, -0.05) is 0 Å². The van der Waals surface area contributed by atoms with Crippen LogP contribution in [0.2, 0.25) is 0 Å². The normalized spacial score (nSPS) is 9.91. The number of thioether (sulfide) groups is 1. The van der Waals surface area contributed by atoms with Crippen LogP contribution in [0.3, 0.4) is 0 Å². The molecule has 1 aromatic heterocycles. The minimum atomic E-state index is -0.952. The predicted octanol–water partition coefficient (Wildman–Crippen LogP) is 0.971. The number of carboxylic acids is 1. The summed E-state index contributed by atoms with van der Waals surface area (Å²) in [6, 6.07) is 0. The second kappa shape index (κ2) is 3.43. The molecule has 0 aliphatic carbocycles. The monoisotopic (exact) mass is 172 g/mol. The molecule has 1 rings (SSSR count). The Bertz CT molecular complexity index is 259. The van der Waals surface area contributed by atoms with E-state index in [0.717, 1.165) is 5.56 Å². The van der Waals surface area contributed by atoms with E-state index in [9.17, 15) is 4.79 Å². The van der Waals surface area contributed by atoms with Gasteiger partial charge in [0.05, 0.1) is 6.20 Å². The van der Waals surface area contributed by atoms with Crippen LogP contribution in [0.15, 0.2) is 6.20 Å². The predicted molar refractivity (Wildman–Crippen MR) is 42.8 cm³/mol. The maximum atomic E-state index is 10.5. The Morgan fingerprint density at radius 2 is 2.64 bits per heavy atom. The molecule has 1 aromatic rings. The van der Waals surface area contributed by atoms with E-state index in [-0.39, 0.29) is 5.69 Å². The summed E-state index contributed by atoms with van der Waals surface area (Å²) < 4.78 is 0. The number of hydrogen-bond donors (Lipinski definition) is 2. The highest BCUT2D eigenvalue weighted by molar-refractivity contribution is 7.97. The van der Waals surface area contributed by atoms with Gasteiger partial charge in [-0.3, -0.25) is 5.10 Å². The van der Waals surface area contributed by atoms with Gasteiger partial charge in [0.15, 0.2) is 0 Å². The smallest absolute Gasteiger partial charge is 0.354 e. The Kier molecular flexibility index (Phi) is 2.53.